The lowest BCUT2D eigenvalue weighted by Gasteiger charge is -2.33. The Kier molecular flexibility index (Phi) is 6.99. The molecule has 8 heteroatoms. The Bertz CT molecular complexity index is 1020. The topological polar surface area (TPSA) is 70.6 Å². The lowest BCUT2D eigenvalue weighted by atomic mass is 9.87. The molecule has 6 nitrogen and oxygen atoms in total. The number of amides is 1. The number of nitrogens with zero attached hydrogens (tertiary/aromatic N) is 3. The number of pyridine rings is 1. The maximum atomic E-state index is 12.8. The monoisotopic (exact) mass is 459 g/mol. The zero-order valence-electron chi connectivity index (χ0n) is 17.9. The summed E-state index contributed by atoms with van der Waals surface area (Å²) in [5, 5.41) is 0.656. The molecule has 1 fully saturated rings. The molecule has 166 valence electrons. The number of aryl methyl sites for hydroxylation is 1. The number of sulfonamides is 1. The molecular weight excluding hydrogens is 430 g/mol. The van der Waals surface area contributed by atoms with E-state index in [4.69, 9.17) is 0 Å². The van der Waals surface area contributed by atoms with Gasteiger partial charge < -0.3 is 4.90 Å². The van der Waals surface area contributed by atoms with Crippen LogP contribution < -0.4 is 0 Å². The summed E-state index contributed by atoms with van der Waals surface area (Å²) in [6.45, 7) is 1.15. The van der Waals surface area contributed by atoms with Crippen LogP contribution in [0.15, 0.2) is 52.5 Å². The molecule has 1 aromatic heterocycles. The van der Waals surface area contributed by atoms with Gasteiger partial charge in [-0.15, -0.1) is 0 Å². The SMILES string of the molecule is CN(C(=O)CSc1ccc(S(=O)(=O)N2CCCCC2)cn1)C1CCCc2ccccc21. The van der Waals surface area contributed by atoms with Crippen LogP contribution in [0.5, 0.6) is 0 Å². The van der Waals surface area contributed by atoms with Crippen molar-refractivity contribution in [3.8, 4) is 0 Å². The first-order valence-electron chi connectivity index (χ1n) is 10.9. The van der Waals surface area contributed by atoms with Crippen LogP contribution in [0.25, 0.3) is 0 Å². The van der Waals surface area contributed by atoms with Gasteiger partial charge in [0.2, 0.25) is 15.9 Å². The summed E-state index contributed by atoms with van der Waals surface area (Å²) in [6.07, 6.45) is 7.43. The fourth-order valence-corrected chi connectivity index (χ4v) is 6.63. The summed E-state index contributed by atoms with van der Waals surface area (Å²) in [7, 11) is -1.61. The van der Waals surface area contributed by atoms with Gasteiger partial charge in [0, 0.05) is 26.3 Å². The fourth-order valence-electron chi connectivity index (χ4n) is 4.40. The molecule has 0 radical (unpaired) electrons. The van der Waals surface area contributed by atoms with E-state index >= 15 is 0 Å². The molecule has 1 unspecified atom stereocenters. The minimum Gasteiger partial charge on any atom is -0.338 e. The number of hydrogen-bond donors (Lipinski definition) is 0. The minimum atomic E-state index is -3.48. The summed E-state index contributed by atoms with van der Waals surface area (Å²) in [5.74, 6) is 0.332. The summed E-state index contributed by atoms with van der Waals surface area (Å²) in [5.41, 5.74) is 2.58. The van der Waals surface area contributed by atoms with Gasteiger partial charge in [-0.25, -0.2) is 13.4 Å². The van der Waals surface area contributed by atoms with E-state index in [1.54, 1.807) is 16.4 Å². The van der Waals surface area contributed by atoms with Crippen molar-refractivity contribution >= 4 is 27.7 Å². The van der Waals surface area contributed by atoms with Gasteiger partial charge in [0.05, 0.1) is 16.8 Å². The van der Waals surface area contributed by atoms with Crippen molar-refractivity contribution in [1.82, 2.24) is 14.2 Å². The van der Waals surface area contributed by atoms with Gasteiger partial charge in [0.1, 0.15) is 4.90 Å². The van der Waals surface area contributed by atoms with Gasteiger partial charge in [-0.05, 0) is 55.4 Å². The van der Waals surface area contributed by atoms with Crippen LogP contribution in [0.1, 0.15) is 49.3 Å². The third-order valence-electron chi connectivity index (χ3n) is 6.20. The Balaban J connectivity index is 1.37. The van der Waals surface area contributed by atoms with E-state index < -0.39 is 10.0 Å². The molecular formula is C23H29N3O3S2. The summed E-state index contributed by atoms with van der Waals surface area (Å²) in [4.78, 5) is 19.2. The highest BCUT2D eigenvalue weighted by molar-refractivity contribution is 7.99. The molecule has 4 rings (SSSR count). The normalized spacial score (nSPS) is 19.6. The molecule has 1 saturated heterocycles. The summed E-state index contributed by atoms with van der Waals surface area (Å²) in [6, 6.07) is 11.8. The third kappa shape index (κ3) is 4.96. The van der Waals surface area contributed by atoms with Gasteiger partial charge in [-0.1, -0.05) is 42.4 Å². The van der Waals surface area contributed by atoms with Crippen molar-refractivity contribution in [2.45, 2.75) is 54.5 Å². The molecule has 0 spiro atoms. The average molecular weight is 460 g/mol. The number of thioether (sulfide) groups is 1. The quantitative estimate of drug-likeness (QED) is 0.613. The van der Waals surface area contributed by atoms with E-state index in [-0.39, 0.29) is 22.6 Å². The Morgan fingerprint density at radius 1 is 1.13 bits per heavy atom. The smallest absolute Gasteiger partial charge is 0.244 e. The first-order chi connectivity index (χ1) is 15.0. The maximum absolute atomic E-state index is 12.8. The van der Waals surface area contributed by atoms with Crippen molar-refractivity contribution in [1.29, 1.82) is 0 Å². The second kappa shape index (κ2) is 9.71. The summed E-state index contributed by atoms with van der Waals surface area (Å²) >= 11 is 1.35. The van der Waals surface area contributed by atoms with Crippen LogP contribution in [-0.2, 0) is 21.2 Å². The van der Waals surface area contributed by atoms with Crippen molar-refractivity contribution in [3.63, 3.8) is 0 Å². The Hall–Kier alpha value is -1.90. The third-order valence-corrected chi connectivity index (χ3v) is 9.01. The highest BCUT2D eigenvalue weighted by Gasteiger charge is 2.27. The van der Waals surface area contributed by atoms with E-state index in [2.05, 4.69) is 23.2 Å². The van der Waals surface area contributed by atoms with Crippen LogP contribution >= 0.6 is 11.8 Å². The molecule has 2 heterocycles. The zero-order valence-corrected chi connectivity index (χ0v) is 19.5. The number of hydrogen-bond acceptors (Lipinski definition) is 5. The second-order valence-electron chi connectivity index (χ2n) is 8.20. The number of benzene rings is 1. The molecule has 1 amide bonds. The Morgan fingerprint density at radius 3 is 2.65 bits per heavy atom. The van der Waals surface area contributed by atoms with Crippen LogP contribution in [0.3, 0.4) is 0 Å². The van der Waals surface area contributed by atoms with Gasteiger partial charge >= 0.3 is 0 Å². The predicted molar refractivity (Wildman–Crippen MR) is 122 cm³/mol. The fraction of sp³-hybridized carbons (Fsp3) is 0.478. The van der Waals surface area contributed by atoms with E-state index in [9.17, 15) is 13.2 Å². The lowest BCUT2D eigenvalue weighted by Crippen LogP contribution is -2.35. The molecule has 1 aliphatic carbocycles. The van der Waals surface area contributed by atoms with Gasteiger partial charge in [0.25, 0.3) is 0 Å². The average Bonchev–Trinajstić information content (AvgIpc) is 2.82. The first-order valence-corrected chi connectivity index (χ1v) is 13.3. The van der Waals surface area contributed by atoms with E-state index in [1.165, 1.54) is 29.1 Å². The van der Waals surface area contributed by atoms with E-state index in [0.717, 1.165) is 38.5 Å². The van der Waals surface area contributed by atoms with Crippen molar-refractivity contribution in [2.75, 3.05) is 25.9 Å². The van der Waals surface area contributed by atoms with Gasteiger partial charge in [-0.3, -0.25) is 4.79 Å². The van der Waals surface area contributed by atoms with Crippen LogP contribution in [-0.4, -0.2) is 54.4 Å². The van der Waals surface area contributed by atoms with E-state index in [0.29, 0.717) is 18.1 Å². The number of carbonyl (C=O) groups excluding carboxylic acids is 1. The van der Waals surface area contributed by atoms with Crippen LogP contribution in [0, 0.1) is 0 Å². The van der Waals surface area contributed by atoms with Crippen LogP contribution in [0.4, 0.5) is 0 Å². The van der Waals surface area contributed by atoms with Crippen molar-refractivity contribution in [3.05, 3.63) is 53.7 Å². The number of rotatable bonds is 6. The number of aromatic nitrogens is 1. The molecule has 1 aromatic carbocycles. The molecule has 0 saturated carbocycles. The first kappa shape index (κ1) is 22.3. The Labute approximate surface area is 189 Å². The van der Waals surface area contributed by atoms with Gasteiger partial charge in [-0.2, -0.15) is 4.31 Å². The maximum Gasteiger partial charge on any atom is 0.244 e. The molecule has 2 aliphatic rings. The highest BCUT2D eigenvalue weighted by Crippen LogP contribution is 2.34. The number of carbonyl (C=O) groups is 1. The Morgan fingerprint density at radius 2 is 1.90 bits per heavy atom. The molecule has 0 bridgehead atoms. The molecule has 2 aromatic rings. The van der Waals surface area contributed by atoms with Crippen molar-refractivity contribution in [2.24, 2.45) is 0 Å². The van der Waals surface area contributed by atoms with Crippen molar-refractivity contribution < 1.29 is 13.2 Å². The standard InChI is InChI=1S/C23H29N3O3S2/c1-25(21-11-7-9-18-8-3-4-10-20(18)21)23(27)17-30-22-13-12-19(16-24-22)31(28,29)26-14-5-2-6-15-26/h3-4,8,10,12-13,16,21H,2,5-7,9,11,14-15,17H2,1H3. The largest absolute Gasteiger partial charge is 0.338 e. The molecule has 0 N–H and O–H groups in total. The summed E-state index contributed by atoms with van der Waals surface area (Å²) < 4.78 is 27.0. The number of piperidine rings is 1. The van der Waals surface area contributed by atoms with Gasteiger partial charge in [0.15, 0.2) is 0 Å². The second-order valence-corrected chi connectivity index (χ2v) is 11.1. The highest BCUT2D eigenvalue weighted by atomic mass is 32.2. The zero-order chi connectivity index (χ0) is 21.8. The lowest BCUT2D eigenvalue weighted by molar-refractivity contribution is -0.129. The molecule has 1 atom stereocenters. The number of fused-ring (bicyclic) bond motifs is 1. The van der Waals surface area contributed by atoms with Crippen LogP contribution in [0.2, 0.25) is 0 Å². The van der Waals surface area contributed by atoms with E-state index in [1.807, 2.05) is 18.0 Å². The predicted octanol–water partition coefficient (Wildman–Crippen LogP) is 3.88. The molecule has 1 aliphatic heterocycles. The molecule has 31 heavy (non-hydrogen) atoms. The minimum absolute atomic E-state index is 0.0542.